The summed E-state index contributed by atoms with van der Waals surface area (Å²) in [6.07, 6.45) is 6.60. The number of thiophene rings is 1. The molecule has 3 aliphatic carbocycles. The lowest BCUT2D eigenvalue weighted by atomic mass is 9.55. The predicted molar refractivity (Wildman–Crippen MR) is 319 cm³/mol. The Balaban J connectivity index is 0.967. The first-order valence-electron chi connectivity index (χ1n) is 26.9. The van der Waals surface area contributed by atoms with Gasteiger partial charge in [-0.3, -0.25) is 0 Å². The Kier molecular flexibility index (Phi) is 9.79. The van der Waals surface area contributed by atoms with E-state index in [9.17, 15) is 0 Å². The number of para-hydroxylation sites is 1. The number of allylic oxidation sites excluding steroid dienone is 1. The lowest BCUT2D eigenvalue weighted by Crippen LogP contribution is -2.40. The second-order valence-electron chi connectivity index (χ2n) is 21.4. The molecule has 13 aromatic rings. The molecule has 0 saturated heterocycles. The molecule has 4 heterocycles. The fourth-order valence-electron chi connectivity index (χ4n) is 13.4. The van der Waals surface area contributed by atoms with Crippen molar-refractivity contribution >= 4 is 48.6 Å². The molecule has 9 aromatic carbocycles. The van der Waals surface area contributed by atoms with Gasteiger partial charge in [-0.1, -0.05) is 202 Å². The van der Waals surface area contributed by atoms with Crippen molar-refractivity contribution in [2.24, 2.45) is 0 Å². The number of hydrogen-bond acceptors (Lipinski definition) is 6. The highest BCUT2D eigenvalue weighted by molar-refractivity contribution is 7.26. The van der Waals surface area contributed by atoms with Crippen LogP contribution in [0.1, 0.15) is 64.9 Å². The van der Waals surface area contributed by atoms with Gasteiger partial charge in [-0.15, -0.1) is 11.3 Å². The Morgan fingerprint density at radius 1 is 0.449 bits per heavy atom. The van der Waals surface area contributed by atoms with Crippen LogP contribution in [0, 0.1) is 0 Å². The zero-order valence-corrected chi connectivity index (χ0v) is 43.8. The van der Waals surface area contributed by atoms with Crippen LogP contribution >= 0.6 is 11.3 Å². The summed E-state index contributed by atoms with van der Waals surface area (Å²) >= 11 is 1.77. The Morgan fingerprint density at radius 2 is 1.05 bits per heavy atom. The summed E-state index contributed by atoms with van der Waals surface area (Å²) in [6, 6.07) is 78.8. The van der Waals surface area contributed by atoms with Crippen molar-refractivity contribution in [2.45, 2.75) is 37.5 Å². The molecule has 0 amide bonds. The highest BCUT2D eigenvalue weighted by Gasteiger charge is 2.54. The maximum absolute atomic E-state index is 5.71. The molecular formula is C71H48N6S. The van der Waals surface area contributed by atoms with Gasteiger partial charge in [0.1, 0.15) is 0 Å². The Labute approximate surface area is 455 Å². The molecule has 0 radical (unpaired) electrons. The first kappa shape index (κ1) is 44.8. The summed E-state index contributed by atoms with van der Waals surface area (Å²) in [5.74, 6) is 2.54. The van der Waals surface area contributed by atoms with Crippen LogP contribution in [0.25, 0.3) is 111 Å². The van der Waals surface area contributed by atoms with E-state index < -0.39 is 5.41 Å². The van der Waals surface area contributed by atoms with Gasteiger partial charge in [0.25, 0.3) is 0 Å². The molecule has 6 nitrogen and oxygen atoms in total. The van der Waals surface area contributed by atoms with Gasteiger partial charge < -0.3 is 4.57 Å². The van der Waals surface area contributed by atoms with Crippen LogP contribution in [-0.2, 0) is 17.3 Å². The SMILES string of the molecule is CC1(C)c2ccccc2C2(c3ccc(-c4nc(-c5ccc6c(c5)c5c(n6-c6ccccc6)C=CCC5)c5sc6ccccc6c5n4)cc3-c3c(-c4nc(-c5ccccc5)nc(-c5ccccc5)n4)cccc32)c2ccccc21. The van der Waals surface area contributed by atoms with Crippen LogP contribution in [0.5, 0.6) is 0 Å². The molecular weight excluding hydrogens is 969 g/mol. The van der Waals surface area contributed by atoms with Crippen molar-refractivity contribution in [1.82, 2.24) is 29.5 Å². The van der Waals surface area contributed by atoms with Gasteiger partial charge in [0.2, 0.25) is 0 Å². The standard InChI is InChI=1S/C71H48N6S/c1-70(2)54-30-14-16-32-56(54)71(57-33-17-15-31-55(57)70)53-39-37-46(42-52(53)62-50(29-20-34-58(62)71)69-75-66(43-21-6-3-7-22-43)74-67(76-69)44-23-8-4-9-24-44)68-72-63(65-64(73-68)49-28-13-19-36-61(49)78-65)45-38-40-60-51(41-45)48-27-12-18-35-59(48)77(60)47-25-10-5-11-26-47/h3-11,13-26,28-42H,12,27H2,1-2H3. The molecule has 78 heavy (non-hydrogen) atoms. The maximum Gasteiger partial charge on any atom is 0.164 e. The number of aryl methyl sites for hydroxylation is 1. The highest BCUT2D eigenvalue weighted by atomic mass is 32.1. The van der Waals surface area contributed by atoms with E-state index in [0.29, 0.717) is 23.3 Å². The molecule has 0 unspecified atom stereocenters. The topological polar surface area (TPSA) is 69.4 Å². The van der Waals surface area contributed by atoms with Gasteiger partial charge >= 0.3 is 0 Å². The molecule has 368 valence electrons. The minimum Gasteiger partial charge on any atom is -0.310 e. The van der Waals surface area contributed by atoms with Crippen LogP contribution in [0.15, 0.2) is 224 Å². The average molecular weight is 1020 g/mol. The van der Waals surface area contributed by atoms with Gasteiger partial charge in [0.05, 0.1) is 26.8 Å². The lowest BCUT2D eigenvalue weighted by Gasteiger charge is -2.46. The smallest absolute Gasteiger partial charge is 0.164 e. The first-order valence-corrected chi connectivity index (χ1v) is 27.7. The fraction of sp³-hybridized carbons (Fsp3) is 0.0845. The van der Waals surface area contributed by atoms with Crippen molar-refractivity contribution in [3.63, 3.8) is 0 Å². The first-order chi connectivity index (χ1) is 38.4. The van der Waals surface area contributed by atoms with Gasteiger partial charge in [-0.25, -0.2) is 24.9 Å². The van der Waals surface area contributed by atoms with Crippen LogP contribution in [0.2, 0.25) is 0 Å². The van der Waals surface area contributed by atoms with Crippen molar-refractivity contribution in [1.29, 1.82) is 0 Å². The third-order valence-corrected chi connectivity index (χ3v) is 18.0. The number of aromatic nitrogens is 6. The molecule has 16 rings (SSSR count). The molecule has 0 atom stereocenters. The van der Waals surface area contributed by atoms with E-state index in [-0.39, 0.29) is 5.41 Å². The number of benzene rings is 9. The largest absolute Gasteiger partial charge is 0.310 e. The molecule has 4 aromatic heterocycles. The van der Waals surface area contributed by atoms with Crippen molar-refractivity contribution in [2.75, 3.05) is 0 Å². The van der Waals surface area contributed by atoms with Gasteiger partial charge in [-0.2, -0.15) is 0 Å². The van der Waals surface area contributed by atoms with E-state index in [0.717, 1.165) is 78.8 Å². The molecule has 3 aliphatic rings. The number of rotatable bonds is 6. The zero-order chi connectivity index (χ0) is 51.7. The summed E-state index contributed by atoms with van der Waals surface area (Å²) in [7, 11) is 0. The Hall–Kier alpha value is -9.43. The quantitative estimate of drug-likeness (QED) is 0.166. The maximum atomic E-state index is 5.71. The number of hydrogen-bond donors (Lipinski definition) is 0. The molecule has 0 saturated carbocycles. The molecule has 0 N–H and O–H groups in total. The Bertz CT molecular complexity index is 4540. The highest BCUT2D eigenvalue weighted by Crippen LogP contribution is 2.63. The van der Waals surface area contributed by atoms with Crippen molar-refractivity contribution in [3.8, 4) is 73.6 Å². The van der Waals surface area contributed by atoms with Gasteiger partial charge in [0, 0.05) is 60.1 Å². The minimum absolute atomic E-state index is 0.256. The summed E-state index contributed by atoms with van der Waals surface area (Å²) in [6.45, 7) is 4.74. The van der Waals surface area contributed by atoms with E-state index in [1.165, 1.54) is 60.2 Å². The molecule has 7 heteroatoms. The number of nitrogens with zero attached hydrogens (tertiary/aromatic N) is 6. The third kappa shape index (κ3) is 6.45. The van der Waals surface area contributed by atoms with E-state index >= 15 is 0 Å². The fourth-order valence-corrected chi connectivity index (χ4v) is 14.5. The Morgan fingerprint density at radius 3 is 1.77 bits per heavy atom. The lowest BCUT2D eigenvalue weighted by molar-refractivity contribution is 0.563. The molecule has 1 spiro atoms. The zero-order valence-electron chi connectivity index (χ0n) is 42.9. The normalized spacial score (nSPS) is 14.3. The van der Waals surface area contributed by atoms with E-state index in [2.05, 4.69) is 213 Å². The van der Waals surface area contributed by atoms with Crippen LogP contribution in [-0.4, -0.2) is 29.5 Å². The average Bonchev–Trinajstić information content (AvgIpc) is 4.34. The summed E-state index contributed by atoms with van der Waals surface area (Å²) < 4.78 is 4.69. The molecule has 0 bridgehead atoms. The summed E-state index contributed by atoms with van der Waals surface area (Å²) in [5, 5.41) is 2.39. The van der Waals surface area contributed by atoms with E-state index in [1.807, 2.05) is 36.4 Å². The van der Waals surface area contributed by atoms with Crippen molar-refractivity contribution in [3.05, 3.63) is 269 Å². The summed E-state index contributed by atoms with van der Waals surface area (Å²) in [5.41, 5.74) is 20.6. The second-order valence-corrected chi connectivity index (χ2v) is 22.4. The van der Waals surface area contributed by atoms with Crippen LogP contribution in [0.3, 0.4) is 0 Å². The summed E-state index contributed by atoms with van der Waals surface area (Å²) in [4.78, 5) is 27.2. The van der Waals surface area contributed by atoms with Crippen molar-refractivity contribution < 1.29 is 0 Å². The molecule has 0 aliphatic heterocycles. The van der Waals surface area contributed by atoms with Gasteiger partial charge in [0.15, 0.2) is 23.3 Å². The predicted octanol–water partition coefficient (Wildman–Crippen LogP) is 17.3. The minimum atomic E-state index is -0.668. The monoisotopic (exact) mass is 1020 g/mol. The second kappa shape index (κ2) is 17.0. The van der Waals surface area contributed by atoms with Crippen LogP contribution < -0.4 is 0 Å². The van der Waals surface area contributed by atoms with Crippen LogP contribution in [0.4, 0.5) is 0 Å². The third-order valence-electron chi connectivity index (χ3n) is 16.8. The van der Waals surface area contributed by atoms with E-state index in [1.54, 1.807) is 11.3 Å². The number of fused-ring (bicyclic) bond motifs is 15. The van der Waals surface area contributed by atoms with Gasteiger partial charge in [-0.05, 0) is 105 Å². The van der Waals surface area contributed by atoms with E-state index in [4.69, 9.17) is 24.9 Å². The molecule has 0 fully saturated rings.